The molecule has 2 N–H and O–H groups in total. The van der Waals surface area contributed by atoms with Gasteiger partial charge in [0.1, 0.15) is 5.75 Å². The Bertz CT molecular complexity index is 418. The van der Waals surface area contributed by atoms with E-state index in [1.54, 1.807) is 12.1 Å². The molecule has 0 aliphatic heterocycles. The molecule has 19 heavy (non-hydrogen) atoms. The van der Waals surface area contributed by atoms with E-state index < -0.39 is 0 Å². The number of rotatable bonds is 7. The monoisotopic (exact) mass is 391 g/mol. The Morgan fingerprint density at radius 1 is 1.42 bits per heavy atom. The van der Waals surface area contributed by atoms with E-state index in [2.05, 4.69) is 44.1 Å². The molecule has 1 amide bonds. The van der Waals surface area contributed by atoms with Crippen molar-refractivity contribution >= 4 is 37.8 Å². The average molecular weight is 393 g/mol. The lowest BCUT2D eigenvalue weighted by atomic mass is 10.0. The van der Waals surface area contributed by atoms with Crippen molar-refractivity contribution in [3.8, 4) is 5.75 Å². The Kier molecular flexibility index (Phi) is 7.46. The molecule has 0 aliphatic rings. The van der Waals surface area contributed by atoms with Gasteiger partial charge < -0.3 is 10.4 Å². The van der Waals surface area contributed by atoms with Crippen LogP contribution in [0.5, 0.6) is 5.75 Å². The number of phenols is 1. The zero-order valence-electron chi connectivity index (χ0n) is 11.0. The molecule has 0 fully saturated rings. The minimum atomic E-state index is -0.222. The van der Waals surface area contributed by atoms with Gasteiger partial charge in [0.2, 0.25) is 0 Å². The summed E-state index contributed by atoms with van der Waals surface area (Å²) in [7, 11) is 0. The van der Waals surface area contributed by atoms with Gasteiger partial charge in [-0.1, -0.05) is 45.2 Å². The van der Waals surface area contributed by atoms with E-state index in [1.807, 2.05) is 0 Å². The number of phenolic OH excluding ortho intramolecular Hbond substituents is 1. The number of carbonyl (C=O) groups excluding carboxylic acids is 1. The van der Waals surface area contributed by atoms with E-state index in [0.717, 1.165) is 29.1 Å². The molecule has 5 heteroatoms. The molecule has 1 unspecified atom stereocenters. The zero-order valence-corrected chi connectivity index (χ0v) is 14.1. The van der Waals surface area contributed by atoms with Crippen LogP contribution in [0.3, 0.4) is 0 Å². The van der Waals surface area contributed by atoms with Gasteiger partial charge in [0.15, 0.2) is 0 Å². The molecule has 0 radical (unpaired) electrons. The lowest BCUT2D eigenvalue weighted by molar-refractivity contribution is 0.0943. The van der Waals surface area contributed by atoms with Crippen molar-refractivity contribution < 1.29 is 9.90 Å². The maximum absolute atomic E-state index is 12.0. The van der Waals surface area contributed by atoms with Crippen molar-refractivity contribution in [1.82, 2.24) is 5.32 Å². The van der Waals surface area contributed by atoms with Gasteiger partial charge in [0.25, 0.3) is 5.91 Å². The molecule has 0 bridgehead atoms. The Balaban J connectivity index is 2.58. The van der Waals surface area contributed by atoms with Crippen LogP contribution in [0.25, 0.3) is 0 Å². The van der Waals surface area contributed by atoms with E-state index in [-0.39, 0.29) is 11.7 Å². The third-order valence-corrected chi connectivity index (χ3v) is 3.92. The van der Waals surface area contributed by atoms with Crippen molar-refractivity contribution in [2.45, 2.75) is 26.2 Å². The standard InChI is InChI=1S/C14H19Br2NO2/c1-2-3-10(6-7-15)9-17-14(19)12-5-4-11(16)8-13(12)18/h4-5,8,10,18H,2-3,6-7,9H2,1H3,(H,17,19). The first-order valence-electron chi connectivity index (χ1n) is 6.41. The molecule has 1 atom stereocenters. The van der Waals surface area contributed by atoms with Crippen molar-refractivity contribution in [3.63, 3.8) is 0 Å². The third-order valence-electron chi connectivity index (χ3n) is 2.97. The van der Waals surface area contributed by atoms with E-state index >= 15 is 0 Å². The van der Waals surface area contributed by atoms with E-state index in [1.165, 1.54) is 6.07 Å². The van der Waals surface area contributed by atoms with Crippen LogP contribution in [0.1, 0.15) is 36.5 Å². The first-order chi connectivity index (χ1) is 9.08. The highest BCUT2D eigenvalue weighted by molar-refractivity contribution is 9.10. The maximum atomic E-state index is 12.0. The van der Waals surface area contributed by atoms with Crippen molar-refractivity contribution in [2.24, 2.45) is 5.92 Å². The largest absolute Gasteiger partial charge is 0.507 e. The predicted molar refractivity (Wildman–Crippen MR) is 84.9 cm³/mol. The molecule has 0 spiro atoms. The first kappa shape index (κ1) is 16.5. The Hall–Kier alpha value is -0.550. The van der Waals surface area contributed by atoms with E-state index in [0.29, 0.717) is 18.0 Å². The van der Waals surface area contributed by atoms with Gasteiger partial charge in [-0.05, 0) is 37.0 Å². The number of benzene rings is 1. The summed E-state index contributed by atoms with van der Waals surface area (Å²) < 4.78 is 0.754. The van der Waals surface area contributed by atoms with E-state index in [4.69, 9.17) is 0 Å². The molecule has 3 nitrogen and oxygen atoms in total. The van der Waals surface area contributed by atoms with Crippen LogP contribution in [0.4, 0.5) is 0 Å². The normalized spacial score (nSPS) is 12.2. The molecule has 0 saturated heterocycles. The van der Waals surface area contributed by atoms with Crippen molar-refractivity contribution in [3.05, 3.63) is 28.2 Å². The van der Waals surface area contributed by atoms with Crippen LogP contribution in [0.15, 0.2) is 22.7 Å². The SMILES string of the molecule is CCCC(CCBr)CNC(=O)c1ccc(Br)cc1O. The number of amides is 1. The Morgan fingerprint density at radius 2 is 2.16 bits per heavy atom. The molecule has 1 aromatic rings. The molecular weight excluding hydrogens is 374 g/mol. The molecule has 0 heterocycles. The second kappa shape index (κ2) is 8.59. The van der Waals surface area contributed by atoms with Crippen LogP contribution in [-0.2, 0) is 0 Å². The molecule has 106 valence electrons. The number of nitrogens with one attached hydrogen (secondary N) is 1. The number of carbonyl (C=O) groups is 1. The number of hydrogen-bond acceptors (Lipinski definition) is 2. The molecule has 0 aromatic heterocycles. The zero-order chi connectivity index (χ0) is 14.3. The quantitative estimate of drug-likeness (QED) is 0.686. The van der Waals surface area contributed by atoms with Gasteiger partial charge in [0.05, 0.1) is 5.56 Å². The van der Waals surface area contributed by atoms with Crippen molar-refractivity contribution in [2.75, 3.05) is 11.9 Å². The van der Waals surface area contributed by atoms with Gasteiger partial charge in [0, 0.05) is 16.3 Å². The highest BCUT2D eigenvalue weighted by Crippen LogP contribution is 2.22. The number of alkyl halides is 1. The van der Waals surface area contributed by atoms with Crippen molar-refractivity contribution in [1.29, 1.82) is 0 Å². The fourth-order valence-corrected chi connectivity index (χ4v) is 2.94. The summed E-state index contributed by atoms with van der Waals surface area (Å²) in [5.74, 6) is 0.256. The van der Waals surface area contributed by atoms with Crippen LogP contribution in [0, 0.1) is 5.92 Å². The predicted octanol–water partition coefficient (Wildman–Crippen LogP) is 4.09. The lowest BCUT2D eigenvalue weighted by Gasteiger charge is -2.16. The smallest absolute Gasteiger partial charge is 0.255 e. The van der Waals surface area contributed by atoms with Crippen LogP contribution in [0.2, 0.25) is 0 Å². The van der Waals surface area contributed by atoms with Gasteiger partial charge in [-0.3, -0.25) is 4.79 Å². The Labute approximate surface area is 131 Å². The van der Waals surface area contributed by atoms with Gasteiger partial charge in [-0.25, -0.2) is 0 Å². The topological polar surface area (TPSA) is 49.3 Å². The molecule has 0 saturated carbocycles. The summed E-state index contributed by atoms with van der Waals surface area (Å²) in [5, 5.41) is 13.6. The first-order valence-corrected chi connectivity index (χ1v) is 8.32. The molecular formula is C14H19Br2NO2. The molecule has 0 aliphatic carbocycles. The van der Waals surface area contributed by atoms with E-state index in [9.17, 15) is 9.90 Å². The van der Waals surface area contributed by atoms with Gasteiger partial charge in [-0.2, -0.15) is 0 Å². The summed E-state index contributed by atoms with van der Waals surface area (Å²) >= 11 is 6.69. The highest BCUT2D eigenvalue weighted by atomic mass is 79.9. The van der Waals surface area contributed by atoms with Gasteiger partial charge >= 0.3 is 0 Å². The van der Waals surface area contributed by atoms with Crippen LogP contribution in [-0.4, -0.2) is 22.9 Å². The van der Waals surface area contributed by atoms with Crippen LogP contribution >= 0.6 is 31.9 Å². The minimum absolute atomic E-state index is 0.000548. The second-order valence-electron chi connectivity index (χ2n) is 4.50. The average Bonchev–Trinajstić information content (AvgIpc) is 2.36. The summed E-state index contributed by atoms with van der Waals surface area (Å²) in [6.07, 6.45) is 3.25. The summed E-state index contributed by atoms with van der Waals surface area (Å²) in [5.41, 5.74) is 0.317. The highest BCUT2D eigenvalue weighted by Gasteiger charge is 2.13. The third kappa shape index (κ3) is 5.53. The fourth-order valence-electron chi connectivity index (χ4n) is 1.94. The van der Waals surface area contributed by atoms with Gasteiger partial charge in [-0.15, -0.1) is 0 Å². The van der Waals surface area contributed by atoms with Crippen LogP contribution < -0.4 is 5.32 Å². The second-order valence-corrected chi connectivity index (χ2v) is 6.21. The molecule has 1 rings (SSSR count). The fraction of sp³-hybridized carbons (Fsp3) is 0.500. The summed E-state index contributed by atoms with van der Waals surface area (Å²) in [6.45, 7) is 2.79. The lowest BCUT2D eigenvalue weighted by Crippen LogP contribution is -2.29. The number of halogens is 2. The minimum Gasteiger partial charge on any atom is -0.507 e. The summed E-state index contributed by atoms with van der Waals surface area (Å²) in [6, 6.07) is 4.89. The summed E-state index contributed by atoms with van der Waals surface area (Å²) in [4.78, 5) is 12.0. The maximum Gasteiger partial charge on any atom is 0.255 e. The number of aromatic hydroxyl groups is 1. The molecule has 1 aromatic carbocycles. The number of hydrogen-bond donors (Lipinski definition) is 2. The Morgan fingerprint density at radius 3 is 2.74 bits per heavy atom.